The number of rotatable bonds is 7. The Bertz CT molecular complexity index is 1370. The Morgan fingerprint density at radius 1 is 1.13 bits per heavy atom. The van der Waals surface area contributed by atoms with E-state index >= 15 is 0 Å². The third-order valence-corrected chi connectivity index (χ3v) is 6.75. The zero-order chi connectivity index (χ0) is 27.6. The molecule has 1 saturated carbocycles. The van der Waals surface area contributed by atoms with Crippen LogP contribution in [0.15, 0.2) is 43.0 Å². The first-order chi connectivity index (χ1) is 18.7. The van der Waals surface area contributed by atoms with Crippen molar-refractivity contribution in [2.45, 2.75) is 58.1 Å². The van der Waals surface area contributed by atoms with Gasteiger partial charge in [-0.3, -0.25) is 9.48 Å². The minimum Gasteiger partial charge on any atom is -0.492 e. The number of nitrogens with two attached hydrogens (primary N) is 1. The lowest BCUT2D eigenvalue weighted by Gasteiger charge is -2.33. The summed E-state index contributed by atoms with van der Waals surface area (Å²) in [6.45, 7) is 7.34. The van der Waals surface area contributed by atoms with Crippen LogP contribution in [0, 0.1) is 5.92 Å². The standard InChI is InChI=1S/C28H35N7O4/c1-28(2,3)39-27(37)34-11-7-20(8-12-34)35-16-19-13-21(24(14-22(19)33-35)38-17-18-5-6-18)26(36)32-23(15-29)25-30-9-4-10-31-25/h4,9-10,13-16,18,20H,5-8,11-12,17,29H2,1-3H3,(H,32,36)/b23-15+. The zero-order valence-electron chi connectivity index (χ0n) is 22.6. The number of amides is 2. The number of likely N-dealkylation sites (tertiary alicyclic amines) is 1. The fourth-order valence-electron chi connectivity index (χ4n) is 4.49. The summed E-state index contributed by atoms with van der Waals surface area (Å²) in [5, 5.41) is 8.46. The molecule has 11 nitrogen and oxygen atoms in total. The molecule has 1 aliphatic heterocycles. The van der Waals surface area contributed by atoms with E-state index in [-0.39, 0.29) is 18.0 Å². The van der Waals surface area contributed by atoms with E-state index in [0.29, 0.717) is 48.4 Å². The van der Waals surface area contributed by atoms with Crippen molar-refractivity contribution < 1.29 is 19.1 Å². The normalized spacial score (nSPS) is 16.8. The van der Waals surface area contributed by atoms with Crippen LogP contribution in [0.4, 0.5) is 4.79 Å². The van der Waals surface area contributed by atoms with Crippen molar-refractivity contribution in [2.24, 2.45) is 11.7 Å². The van der Waals surface area contributed by atoms with Gasteiger partial charge < -0.3 is 25.4 Å². The molecule has 0 unspecified atom stereocenters. The number of hydrogen-bond acceptors (Lipinski definition) is 8. The molecule has 0 spiro atoms. The highest BCUT2D eigenvalue weighted by Gasteiger charge is 2.29. The maximum absolute atomic E-state index is 13.4. The number of benzene rings is 1. The maximum atomic E-state index is 13.4. The van der Waals surface area contributed by atoms with E-state index in [0.717, 1.165) is 36.6 Å². The average molecular weight is 534 g/mol. The molecule has 3 heterocycles. The Morgan fingerprint density at radius 2 is 1.85 bits per heavy atom. The molecule has 2 amide bonds. The summed E-state index contributed by atoms with van der Waals surface area (Å²) < 4.78 is 13.5. The van der Waals surface area contributed by atoms with Crippen molar-refractivity contribution in [3.8, 4) is 5.75 Å². The van der Waals surface area contributed by atoms with Gasteiger partial charge in [-0.1, -0.05) is 0 Å². The lowest BCUT2D eigenvalue weighted by molar-refractivity contribution is 0.0185. The fraction of sp³-hybridized carbons (Fsp3) is 0.464. The first-order valence-corrected chi connectivity index (χ1v) is 13.3. The summed E-state index contributed by atoms with van der Waals surface area (Å²) in [6, 6.07) is 5.44. The molecule has 206 valence electrons. The highest BCUT2D eigenvalue weighted by Crippen LogP contribution is 2.33. The number of carbonyl (C=O) groups is 2. The van der Waals surface area contributed by atoms with Crippen LogP contribution in [0.5, 0.6) is 5.75 Å². The van der Waals surface area contributed by atoms with Gasteiger partial charge in [-0.25, -0.2) is 14.8 Å². The van der Waals surface area contributed by atoms with E-state index in [2.05, 4.69) is 15.3 Å². The molecule has 0 bridgehead atoms. The van der Waals surface area contributed by atoms with E-state index in [9.17, 15) is 9.59 Å². The minimum atomic E-state index is -0.522. The SMILES string of the molecule is CC(C)(C)OC(=O)N1CCC(n2cc3cc(C(=O)N/C(=C/N)c4ncccn4)c(OCC4CC4)cc3n2)CC1. The number of ether oxygens (including phenoxy) is 2. The van der Waals surface area contributed by atoms with Crippen molar-refractivity contribution in [3.05, 3.63) is 54.4 Å². The van der Waals surface area contributed by atoms with Crippen molar-refractivity contribution in [2.75, 3.05) is 19.7 Å². The van der Waals surface area contributed by atoms with Crippen LogP contribution in [-0.4, -0.2) is 61.9 Å². The predicted molar refractivity (Wildman–Crippen MR) is 146 cm³/mol. The van der Waals surface area contributed by atoms with Gasteiger partial charge in [0.05, 0.1) is 23.7 Å². The molecule has 11 heteroatoms. The minimum absolute atomic E-state index is 0.131. The molecule has 5 rings (SSSR count). The quantitative estimate of drug-likeness (QED) is 0.467. The summed E-state index contributed by atoms with van der Waals surface area (Å²) in [7, 11) is 0. The smallest absolute Gasteiger partial charge is 0.410 e. The summed E-state index contributed by atoms with van der Waals surface area (Å²) >= 11 is 0. The number of fused-ring (bicyclic) bond motifs is 1. The molecule has 3 aromatic rings. The zero-order valence-corrected chi connectivity index (χ0v) is 22.6. The van der Waals surface area contributed by atoms with Crippen LogP contribution >= 0.6 is 0 Å². The van der Waals surface area contributed by atoms with Crippen LogP contribution in [0.2, 0.25) is 0 Å². The molecule has 0 radical (unpaired) electrons. The summed E-state index contributed by atoms with van der Waals surface area (Å²) in [5.41, 5.74) is 6.69. The second kappa shape index (κ2) is 10.9. The first kappa shape index (κ1) is 26.5. The van der Waals surface area contributed by atoms with Gasteiger partial charge in [-0.05, 0) is 64.5 Å². The molecule has 3 N–H and O–H groups in total. The summed E-state index contributed by atoms with van der Waals surface area (Å²) in [5.74, 6) is 0.939. The van der Waals surface area contributed by atoms with Crippen molar-refractivity contribution in [1.82, 2.24) is 30.0 Å². The molecule has 1 aliphatic carbocycles. The van der Waals surface area contributed by atoms with Crippen LogP contribution in [0.3, 0.4) is 0 Å². The van der Waals surface area contributed by atoms with Crippen LogP contribution in [-0.2, 0) is 4.74 Å². The van der Waals surface area contributed by atoms with Crippen molar-refractivity contribution >= 4 is 28.6 Å². The van der Waals surface area contributed by atoms with E-state index in [1.807, 2.05) is 37.7 Å². The lowest BCUT2D eigenvalue weighted by Crippen LogP contribution is -2.42. The number of hydrogen-bond donors (Lipinski definition) is 2. The third kappa shape index (κ3) is 6.47. The van der Waals surface area contributed by atoms with E-state index < -0.39 is 5.60 Å². The third-order valence-electron chi connectivity index (χ3n) is 6.75. The van der Waals surface area contributed by atoms with Gasteiger partial charge in [0, 0.05) is 49.3 Å². The molecule has 2 aromatic heterocycles. The molecule has 2 fully saturated rings. The molecular weight excluding hydrogens is 498 g/mol. The summed E-state index contributed by atoms with van der Waals surface area (Å²) in [4.78, 5) is 35.9. The number of piperidine rings is 1. The Balaban J connectivity index is 1.35. The molecule has 0 atom stereocenters. The van der Waals surface area contributed by atoms with E-state index in [1.54, 1.807) is 29.4 Å². The average Bonchev–Trinajstić information content (AvgIpc) is 3.66. The van der Waals surface area contributed by atoms with Gasteiger partial charge in [0.1, 0.15) is 17.0 Å². The van der Waals surface area contributed by atoms with Crippen LogP contribution in [0.25, 0.3) is 16.6 Å². The highest BCUT2D eigenvalue weighted by molar-refractivity contribution is 6.04. The van der Waals surface area contributed by atoms with Gasteiger partial charge >= 0.3 is 6.09 Å². The molecular formula is C28H35N7O4. The molecule has 2 aliphatic rings. The number of carbonyl (C=O) groups excluding carboxylic acids is 2. The van der Waals surface area contributed by atoms with Gasteiger partial charge in [0.2, 0.25) is 0 Å². The van der Waals surface area contributed by atoms with Gasteiger partial charge in [-0.15, -0.1) is 0 Å². The maximum Gasteiger partial charge on any atom is 0.410 e. The van der Waals surface area contributed by atoms with E-state index in [1.165, 1.54) is 6.20 Å². The highest BCUT2D eigenvalue weighted by atomic mass is 16.6. The first-order valence-electron chi connectivity index (χ1n) is 13.3. The molecule has 1 aromatic carbocycles. The van der Waals surface area contributed by atoms with Gasteiger partial charge in [-0.2, -0.15) is 5.10 Å². The Hall–Kier alpha value is -4.15. The molecule has 39 heavy (non-hydrogen) atoms. The largest absolute Gasteiger partial charge is 0.492 e. The monoisotopic (exact) mass is 533 g/mol. The number of nitrogens with zero attached hydrogens (tertiary/aromatic N) is 5. The Labute approximate surface area is 227 Å². The predicted octanol–water partition coefficient (Wildman–Crippen LogP) is 3.87. The number of aromatic nitrogens is 4. The summed E-state index contributed by atoms with van der Waals surface area (Å²) in [6.07, 6.45) is 9.88. The van der Waals surface area contributed by atoms with Crippen molar-refractivity contribution in [3.63, 3.8) is 0 Å². The second-order valence-corrected chi connectivity index (χ2v) is 11.1. The lowest BCUT2D eigenvalue weighted by atomic mass is 10.1. The second-order valence-electron chi connectivity index (χ2n) is 11.1. The Kier molecular flexibility index (Phi) is 7.40. The van der Waals surface area contributed by atoms with Crippen molar-refractivity contribution in [1.29, 1.82) is 0 Å². The molecule has 1 saturated heterocycles. The van der Waals surface area contributed by atoms with Crippen LogP contribution in [0.1, 0.15) is 68.7 Å². The van der Waals surface area contributed by atoms with Gasteiger partial charge in [0.15, 0.2) is 5.82 Å². The van der Waals surface area contributed by atoms with Gasteiger partial charge in [0.25, 0.3) is 5.91 Å². The number of nitrogens with one attached hydrogen (secondary N) is 1. The van der Waals surface area contributed by atoms with Crippen LogP contribution < -0.4 is 15.8 Å². The Morgan fingerprint density at radius 3 is 2.49 bits per heavy atom. The fourth-order valence-corrected chi connectivity index (χ4v) is 4.49. The van der Waals surface area contributed by atoms with E-state index in [4.69, 9.17) is 20.3 Å². The topological polar surface area (TPSA) is 137 Å².